The lowest BCUT2D eigenvalue weighted by Gasteiger charge is -2.22. The molecule has 1 saturated heterocycles. The Balaban J connectivity index is 1.29. The first-order valence-corrected chi connectivity index (χ1v) is 11.2. The molecule has 0 radical (unpaired) electrons. The van der Waals surface area contributed by atoms with Crippen molar-refractivity contribution in [1.82, 2.24) is 15.5 Å². The molecule has 1 atom stereocenters. The number of hydrogen-bond acceptors (Lipinski definition) is 3. The summed E-state index contributed by atoms with van der Waals surface area (Å²) in [6, 6.07) is 27.1. The predicted octanol–water partition coefficient (Wildman–Crippen LogP) is 3.33. The van der Waals surface area contributed by atoms with Gasteiger partial charge in [-0.25, -0.2) is 4.79 Å². The second-order valence-electron chi connectivity index (χ2n) is 8.56. The number of imide groups is 1. The van der Waals surface area contributed by atoms with Crippen molar-refractivity contribution in [3.05, 3.63) is 107 Å². The summed E-state index contributed by atoms with van der Waals surface area (Å²) in [5.74, 6) is -0.749. The molecule has 0 bridgehead atoms. The van der Waals surface area contributed by atoms with Crippen LogP contribution < -0.4 is 10.6 Å². The van der Waals surface area contributed by atoms with Gasteiger partial charge in [0.25, 0.3) is 5.91 Å². The van der Waals surface area contributed by atoms with Gasteiger partial charge in [0.2, 0.25) is 5.91 Å². The monoisotopic (exact) mass is 439 g/mol. The van der Waals surface area contributed by atoms with Gasteiger partial charge in [0.15, 0.2) is 0 Å². The van der Waals surface area contributed by atoms with Gasteiger partial charge in [-0.1, -0.05) is 84.9 Å². The van der Waals surface area contributed by atoms with Crippen LogP contribution in [0.2, 0.25) is 0 Å². The molecule has 4 amide bonds. The quantitative estimate of drug-likeness (QED) is 0.579. The van der Waals surface area contributed by atoms with Crippen LogP contribution in [0.25, 0.3) is 0 Å². The number of hydrogen-bond donors (Lipinski definition) is 2. The zero-order chi connectivity index (χ0) is 22.8. The minimum absolute atomic E-state index is 0.0347. The van der Waals surface area contributed by atoms with Crippen molar-refractivity contribution in [3.8, 4) is 0 Å². The number of aryl methyl sites for hydroxylation is 1. The zero-order valence-electron chi connectivity index (χ0n) is 18.2. The number of nitrogens with zero attached hydrogens (tertiary/aromatic N) is 1. The highest BCUT2D eigenvalue weighted by atomic mass is 16.2. The summed E-state index contributed by atoms with van der Waals surface area (Å²) < 4.78 is 0. The molecular weight excluding hydrogens is 414 g/mol. The first kappa shape index (κ1) is 20.9. The smallest absolute Gasteiger partial charge is 0.325 e. The molecule has 166 valence electrons. The van der Waals surface area contributed by atoms with E-state index in [-0.39, 0.29) is 24.3 Å². The summed E-state index contributed by atoms with van der Waals surface area (Å²) >= 11 is 0. The lowest BCUT2D eigenvalue weighted by molar-refractivity contribution is -0.135. The maximum Gasteiger partial charge on any atom is 0.325 e. The predicted molar refractivity (Wildman–Crippen MR) is 124 cm³/mol. The van der Waals surface area contributed by atoms with Gasteiger partial charge in [0.05, 0.1) is 0 Å². The Morgan fingerprint density at radius 2 is 1.52 bits per heavy atom. The topological polar surface area (TPSA) is 78.5 Å². The fourth-order valence-corrected chi connectivity index (χ4v) is 4.95. The van der Waals surface area contributed by atoms with Gasteiger partial charge in [0, 0.05) is 12.5 Å². The van der Waals surface area contributed by atoms with Gasteiger partial charge in [-0.05, 0) is 35.1 Å². The molecule has 3 aromatic rings. The molecule has 1 aliphatic heterocycles. The Morgan fingerprint density at radius 3 is 2.18 bits per heavy atom. The van der Waals surface area contributed by atoms with Gasteiger partial charge >= 0.3 is 6.03 Å². The summed E-state index contributed by atoms with van der Waals surface area (Å²) in [7, 11) is 0. The van der Waals surface area contributed by atoms with E-state index in [1.807, 2.05) is 84.9 Å². The third-order valence-corrected chi connectivity index (χ3v) is 6.63. The molecule has 1 fully saturated rings. The molecule has 2 aliphatic rings. The number of amides is 4. The van der Waals surface area contributed by atoms with Crippen LogP contribution in [0.3, 0.4) is 0 Å². The Kier molecular flexibility index (Phi) is 5.42. The largest absolute Gasteiger partial charge is 0.354 e. The van der Waals surface area contributed by atoms with Crippen LogP contribution in [0.1, 0.15) is 34.6 Å². The lowest BCUT2D eigenvalue weighted by atomic mass is 9.91. The summed E-state index contributed by atoms with van der Waals surface area (Å²) in [5.41, 5.74) is 3.01. The maximum atomic E-state index is 13.3. The van der Waals surface area contributed by atoms with Gasteiger partial charge in [-0.2, -0.15) is 0 Å². The van der Waals surface area contributed by atoms with E-state index in [0.29, 0.717) is 13.0 Å². The van der Waals surface area contributed by atoms with E-state index in [0.717, 1.165) is 33.6 Å². The number of carbonyl (C=O) groups is 3. The number of urea groups is 1. The Morgan fingerprint density at radius 1 is 0.909 bits per heavy atom. The average Bonchev–Trinajstić information content (AvgIpc) is 3.33. The van der Waals surface area contributed by atoms with Crippen LogP contribution >= 0.6 is 0 Å². The highest BCUT2D eigenvalue weighted by Crippen LogP contribution is 2.41. The molecule has 6 nitrogen and oxygen atoms in total. The summed E-state index contributed by atoms with van der Waals surface area (Å²) in [5, 5.41) is 5.80. The highest BCUT2D eigenvalue weighted by molar-refractivity contribution is 6.09. The Hall–Kier alpha value is -3.93. The van der Waals surface area contributed by atoms with Crippen LogP contribution in [0.5, 0.6) is 0 Å². The second-order valence-corrected chi connectivity index (χ2v) is 8.56. The number of rotatable bonds is 6. The van der Waals surface area contributed by atoms with Crippen molar-refractivity contribution in [3.63, 3.8) is 0 Å². The summed E-state index contributed by atoms with van der Waals surface area (Å²) in [6.07, 6.45) is 1.23. The van der Waals surface area contributed by atoms with Gasteiger partial charge in [0.1, 0.15) is 12.1 Å². The van der Waals surface area contributed by atoms with Crippen molar-refractivity contribution in [1.29, 1.82) is 0 Å². The van der Waals surface area contributed by atoms with Gasteiger partial charge in [-0.15, -0.1) is 0 Å². The SMILES string of the molecule is O=C(CN1C(=O)NC2(CCc3ccccc32)C1=O)NCC(c1ccccc1)c1ccccc1. The van der Waals surface area contributed by atoms with Gasteiger partial charge < -0.3 is 10.6 Å². The summed E-state index contributed by atoms with van der Waals surface area (Å²) in [4.78, 5) is 39.8. The van der Waals surface area contributed by atoms with Crippen LogP contribution in [0, 0.1) is 0 Å². The lowest BCUT2D eigenvalue weighted by Crippen LogP contribution is -2.44. The summed E-state index contributed by atoms with van der Waals surface area (Å²) in [6.45, 7) is 0.0648. The Bertz CT molecular complexity index is 1160. The van der Waals surface area contributed by atoms with E-state index >= 15 is 0 Å². The first-order chi connectivity index (χ1) is 16.1. The number of benzene rings is 3. The molecule has 2 N–H and O–H groups in total. The molecule has 1 spiro atoms. The third kappa shape index (κ3) is 3.78. The molecule has 3 aromatic carbocycles. The van der Waals surface area contributed by atoms with E-state index in [1.165, 1.54) is 0 Å². The van der Waals surface area contributed by atoms with Crippen molar-refractivity contribution >= 4 is 17.8 Å². The normalized spacial score (nSPS) is 19.1. The molecule has 1 aliphatic carbocycles. The van der Waals surface area contributed by atoms with Crippen molar-refractivity contribution in [2.45, 2.75) is 24.3 Å². The fraction of sp³-hybridized carbons (Fsp3) is 0.222. The molecule has 33 heavy (non-hydrogen) atoms. The third-order valence-electron chi connectivity index (χ3n) is 6.63. The molecular formula is C27H25N3O3. The highest BCUT2D eigenvalue weighted by Gasteiger charge is 2.55. The Labute approximate surface area is 192 Å². The average molecular weight is 440 g/mol. The number of fused-ring (bicyclic) bond motifs is 2. The van der Waals surface area contributed by atoms with Crippen LogP contribution in [0.15, 0.2) is 84.9 Å². The molecule has 0 saturated carbocycles. The maximum absolute atomic E-state index is 13.3. The van der Waals surface area contributed by atoms with E-state index in [2.05, 4.69) is 10.6 Å². The van der Waals surface area contributed by atoms with Crippen LogP contribution in [-0.4, -0.2) is 35.8 Å². The van der Waals surface area contributed by atoms with Crippen LogP contribution in [0.4, 0.5) is 4.79 Å². The van der Waals surface area contributed by atoms with E-state index in [1.54, 1.807) is 0 Å². The standard InChI is InChI=1S/C27H25N3O3/c31-24(28-17-22(19-9-3-1-4-10-19)20-11-5-2-6-12-20)18-30-25(32)27(29-26(30)33)16-15-21-13-7-8-14-23(21)27/h1-14,22H,15-18H2,(H,28,31)(H,29,33). The molecule has 0 aromatic heterocycles. The van der Waals surface area contributed by atoms with Gasteiger partial charge in [-0.3, -0.25) is 14.5 Å². The second kappa shape index (κ2) is 8.54. The first-order valence-electron chi connectivity index (χ1n) is 11.2. The van der Waals surface area contributed by atoms with Crippen molar-refractivity contribution in [2.24, 2.45) is 0 Å². The molecule has 5 rings (SSSR count). The minimum Gasteiger partial charge on any atom is -0.354 e. The van der Waals surface area contributed by atoms with E-state index < -0.39 is 11.6 Å². The number of nitrogens with one attached hydrogen (secondary N) is 2. The fourth-order valence-electron chi connectivity index (χ4n) is 4.95. The molecule has 1 unspecified atom stereocenters. The van der Waals surface area contributed by atoms with Crippen molar-refractivity contribution in [2.75, 3.05) is 13.1 Å². The van der Waals surface area contributed by atoms with E-state index in [4.69, 9.17) is 0 Å². The van der Waals surface area contributed by atoms with Crippen molar-refractivity contribution < 1.29 is 14.4 Å². The van der Waals surface area contributed by atoms with E-state index in [9.17, 15) is 14.4 Å². The minimum atomic E-state index is -1.05. The van der Waals surface area contributed by atoms with Crippen LogP contribution in [-0.2, 0) is 21.5 Å². The number of carbonyl (C=O) groups excluding carboxylic acids is 3. The molecule has 1 heterocycles. The zero-order valence-corrected chi connectivity index (χ0v) is 18.2. The molecule has 6 heteroatoms.